The maximum absolute atomic E-state index is 14.0. The summed E-state index contributed by atoms with van der Waals surface area (Å²) < 4.78 is 17.7. The van der Waals surface area contributed by atoms with Gasteiger partial charge in [-0.1, -0.05) is 34.1 Å². The van der Waals surface area contributed by atoms with Crippen molar-refractivity contribution in [2.45, 2.75) is 110 Å². The fourth-order valence-electron chi connectivity index (χ4n) is 9.63. The van der Waals surface area contributed by atoms with Crippen molar-refractivity contribution in [1.82, 2.24) is 0 Å². The molecule has 4 saturated carbocycles. The summed E-state index contributed by atoms with van der Waals surface area (Å²) in [5, 5.41) is 0. The molecule has 0 aromatic rings. The molecule has 1 heterocycles. The van der Waals surface area contributed by atoms with E-state index in [1.807, 2.05) is 13.8 Å². The molecule has 0 amide bonds. The monoisotopic (exact) mass is 515 g/mol. The summed E-state index contributed by atoms with van der Waals surface area (Å²) in [6.45, 7) is 14.8. The summed E-state index contributed by atoms with van der Waals surface area (Å²) in [5.41, 5.74) is -1.55. The number of nitrogens with zero attached hydrogens (tertiary/aromatic N) is 1. The quantitative estimate of drug-likeness (QED) is 0.436. The van der Waals surface area contributed by atoms with E-state index >= 15 is 0 Å². The van der Waals surface area contributed by atoms with Gasteiger partial charge in [-0.05, 0) is 81.0 Å². The van der Waals surface area contributed by atoms with Crippen molar-refractivity contribution >= 4 is 24.6 Å². The summed E-state index contributed by atoms with van der Waals surface area (Å²) >= 11 is 0. The van der Waals surface area contributed by atoms with Crippen molar-refractivity contribution in [2.24, 2.45) is 51.3 Å². The molecule has 0 aromatic heterocycles. The van der Waals surface area contributed by atoms with Gasteiger partial charge in [0, 0.05) is 24.2 Å². The van der Waals surface area contributed by atoms with Crippen LogP contribution in [0.5, 0.6) is 0 Å². The number of ether oxygens (including phenoxy) is 3. The minimum atomic E-state index is -0.913. The van der Waals surface area contributed by atoms with E-state index in [0.717, 1.165) is 32.1 Å². The van der Waals surface area contributed by atoms with Crippen LogP contribution in [0.15, 0.2) is 4.99 Å². The minimum Gasteiger partial charge on any atom is -0.476 e. The molecule has 10 atom stereocenters. The summed E-state index contributed by atoms with van der Waals surface area (Å²) in [4.78, 5) is 42.2. The number of hydrogen-bond acceptors (Lipinski definition) is 7. The number of carbonyl (C=O) groups is 3. The van der Waals surface area contributed by atoms with Crippen molar-refractivity contribution in [1.29, 1.82) is 0 Å². The lowest BCUT2D eigenvalue weighted by Crippen LogP contribution is -2.63. The fraction of sp³-hybridized carbons (Fsp3) is 0.867. The molecule has 0 N–H and O–H groups in total. The van der Waals surface area contributed by atoms with Gasteiger partial charge in [-0.3, -0.25) is 14.4 Å². The molecule has 0 bridgehead atoms. The number of rotatable bonds is 7. The Labute approximate surface area is 221 Å². The Kier molecular flexibility index (Phi) is 6.55. The smallest absolute Gasteiger partial charge is 0.294 e. The molecule has 206 valence electrons. The van der Waals surface area contributed by atoms with E-state index in [1.54, 1.807) is 0 Å². The highest BCUT2D eigenvalue weighted by atomic mass is 16.6. The molecule has 7 nitrogen and oxygen atoms in total. The molecule has 0 saturated heterocycles. The minimum absolute atomic E-state index is 0.00491. The zero-order valence-corrected chi connectivity index (χ0v) is 23.5. The first-order valence-electron chi connectivity index (χ1n) is 14.4. The van der Waals surface area contributed by atoms with Crippen LogP contribution in [0.2, 0.25) is 0 Å². The highest BCUT2D eigenvalue weighted by Gasteiger charge is 2.68. The fourth-order valence-corrected chi connectivity index (χ4v) is 9.63. The van der Waals surface area contributed by atoms with Crippen molar-refractivity contribution in [2.75, 3.05) is 6.61 Å². The number of hydrogen-bond donors (Lipinski definition) is 0. The summed E-state index contributed by atoms with van der Waals surface area (Å²) in [6, 6.07) is 0. The zero-order valence-electron chi connectivity index (χ0n) is 23.5. The maximum atomic E-state index is 14.0. The Morgan fingerprint density at radius 3 is 2.49 bits per heavy atom. The van der Waals surface area contributed by atoms with Gasteiger partial charge in [0.2, 0.25) is 5.90 Å². The Balaban J connectivity index is 1.49. The molecule has 0 spiro atoms. The topological polar surface area (TPSA) is 91.3 Å². The van der Waals surface area contributed by atoms with Gasteiger partial charge in [-0.15, -0.1) is 0 Å². The third kappa shape index (κ3) is 3.88. The lowest BCUT2D eigenvalue weighted by atomic mass is 9.42. The molecular formula is C30H45NO6. The lowest BCUT2D eigenvalue weighted by Gasteiger charge is -2.62. The van der Waals surface area contributed by atoms with Crippen LogP contribution >= 0.6 is 0 Å². The molecule has 4 aliphatic carbocycles. The van der Waals surface area contributed by atoms with Gasteiger partial charge in [0.05, 0.1) is 5.54 Å². The number of Topliss-reactive ketones (excluding diaryl/α,β-unsaturated/α-hetero) is 1. The predicted molar refractivity (Wildman–Crippen MR) is 139 cm³/mol. The van der Waals surface area contributed by atoms with E-state index in [2.05, 4.69) is 27.7 Å². The molecule has 1 aliphatic heterocycles. The van der Waals surface area contributed by atoms with E-state index in [1.165, 1.54) is 0 Å². The van der Waals surface area contributed by atoms with Gasteiger partial charge < -0.3 is 14.2 Å². The van der Waals surface area contributed by atoms with Crippen LogP contribution in [0, 0.1) is 46.3 Å². The van der Waals surface area contributed by atoms with E-state index in [0.29, 0.717) is 62.3 Å². The van der Waals surface area contributed by atoms with E-state index in [-0.39, 0.29) is 46.1 Å². The molecule has 5 rings (SSSR count). The molecule has 0 radical (unpaired) electrons. The molecule has 3 unspecified atom stereocenters. The van der Waals surface area contributed by atoms with Crippen molar-refractivity contribution in [3.05, 3.63) is 0 Å². The van der Waals surface area contributed by atoms with Crippen LogP contribution < -0.4 is 0 Å². The third-order valence-corrected chi connectivity index (χ3v) is 11.8. The zero-order chi connectivity index (χ0) is 26.8. The standard InChI is InChI=1S/C30H45NO6/c1-7-18(2)20-8-9-21-25-22(13-24(36-16-32)29(20,21)6)28(5)10-11-30(37-17-33,14-19(28)12-23(25)34)26-31-27(3,4)15-35-26/h16-22,24-25H,7-15H2,1-6H3/t18-,19-,20-,21?,22?,24+,25?,28+,29-,30-/m1/s1. The molecular weight excluding hydrogens is 470 g/mol. The number of carbonyl (C=O) groups excluding carboxylic acids is 3. The second-order valence-electron chi connectivity index (χ2n) is 13.9. The van der Waals surface area contributed by atoms with Gasteiger partial charge in [-0.2, -0.15) is 0 Å². The van der Waals surface area contributed by atoms with Gasteiger partial charge in [-0.25, -0.2) is 4.99 Å². The van der Waals surface area contributed by atoms with Crippen molar-refractivity contribution in [3.63, 3.8) is 0 Å². The van der Waals surface area contributed by atoms with E-state index < -0.39 is 5.60 Å². The first-order chi connectivity index (χ1) is 17.5. The molecule has 4 fully saturated rings. The van der Waals surface area contributed by atoms with Gasteiger partial charge in [0.1, 0.15) is 18.5 Å². The van der Waals surface area contributed by atoms with Crippen LogP contribution in [-0.2, 0) is 28.6 Å². The van der Waals surface area contributed by atoms with Gasteiger partial charge >= 0.3 is 0 Å². The summed E-state index contributed by atoms with van der Waals surface area (Å²) in [5.74, 6) is 2.27. The predicted octanol–water partition coefficient (Wildman–Crippen LogP) is 5.14. The average Bonchev–Trinajstić information content (AvgIpc) is 3.40. The highest BCUT2D eigenvalue weighted by molar-refractivity contribution is 5.89. The van der Waals surface area contributed by atoms with Crippen molar-refractivity contribution < 1.29 is 28.6 Å². The first kappa shape index (κ1) is 26.7. The lowest BCUT2D eigenvalue weighted by molar-refractivity contribution is -0.195. The van der Waals surface area contributed by atoms with Crippen LogP contribution in [0.4, 0.5) is 0 Å². The van der Waals surface area contributed by atoms with E-state index in [4.69, 9.17) is 19.2 Å². The van der Waals surface area contributed by atoms with E-state index in [9.17, 15) is 14.4 Å². The van der Waals surface area contributed by atoms with Gasteiger partial charge in [0.25, 0.3) is 12.9 Å². The highest BCUT2D eigenvalue weighted by Crippen LogP contribution is 2.68. The largest absolute Gasteiger partial charge is 0.476 e. The first-order valence-corrected chi connectivity index (χ1v) is 14.4. The van der Waals surface area contributed by atoms with Crippen LogP contribution in [0.25, 0.3) is 0 Å². The van der Waals surface area contributed by atoms with Crippen LogP contribution in [-0.4, -0.2) is 48.5 Å². The third-order valence-electron chi connectivity index (χ3n) is 11.8. The molecule has 0 aromatic carbocycles. The SMILES string of the molecule is CC[C@@H](C)[C@H]1CCC2C3C(=O)C[C@@H]4C[C@@](OC=O)(C5=NC(C)(C)CO5)CC[C@]4(C)C3C[C@H](OC=O)[C@@]21C. The second kappa shape index (κ2) is 9.08. The van der Waals surface area contributed by atoms with Crippen LogP contribution in [0.1, 0.15) is 92.9 Å². The Hall–Kier alpha value is -1.92. The molecule has 7 heteroatoms. The number of aliphatic imine (C=N–C) groups is 1. The average molecular weight is 516 g/mol. The van der Waals surface area contributed by atoms with Crippen molar-refractivity contribution in [3.8, 4) is 0 Å². The normalized spacial score (nSPS) is 47.0. The Bertz CT molecular complexity index is 977. The number of fused-ring (bicyclic) bond motifs is 5. The molecule has 37 heavy (non-hydrogen) atoms. The van der Waals surface area contributed by atoms with Gasteiger partial charge in [0.15, 0.2) is 5.60 Å². The van der Waals surface area contributed by atoms with Crippen LogP contribution in [0.3, 0.4) is 0 Å². The summed E-state index contributed by atoms with van der Waals surface area (Å²) in [7, 11) is 0. The summed E-state index contributed by atoms with van der Waals surface area (Å²) in [6.07, 6.45) is 6.24. The molecule has 5 aliphatic rings. The number of ketones is 1. The second-order valence-corrected chi connectivity index (χ2v) is 13.9. The Morgan fingerprint density at radius 2 is 1.86 bits per heavy atom. The maximum Gasteiger partial charge on any atom is 0.294 e. The Morgan fingerprint density at radius 1 is 1.11 bits per heavy atom.